The van der Waals surface area contributed by atoms with Gasteiger partial charge in [-0.15, -0.1) is 11.3 Å². The average molecular weight is 393 g/mol. The van der Waals surface area contributed by atoms with E-state index < -0.39 is 15.7 Å². The molecule has 0 atom stereocenters. The Kier molecular flexibility index (Phi) is 4.89. The second-order valence-corrected chi connectivity index (χ2v) is 8.61. The first-order chi connectivity index (χ1) is 11.8. The van der Waals surface area contributed by atoms with Gasteiger partial charge in [0.25, 0.3) is 5.91 Å². The highest BCUT2D eigenvalue weighted by molar-refractivity contribution is 7.90. The molecule has 25 heavy (non-hydrogen) atoms. The van der Waals surface area contributed by atoms with Gasteiger partial charge in [0, 0.05) is 27.8 Å². The number of nitrogens with one attached hydrogen (secondary N) is 1. The summed E-state index contributed by atoms with van der Waals surface area (Å²) in [7, 11) is -3.37. The molecule has 0 spiro atoms. The fourth-order valence-corrected chi connectivity index (χ4v) is 3.63. The minimum absolute atomic E-state index is 0.0983. The molecule has 0 saturated heterocycles. The van der Waals surface area contributed by atoms with Gasteiger partial charge in [0.05, 0.1) is 10.6 Å². The lowest BCUT2D eigenvalue weighted by atomic mass is 10.2. The number of rotatable bonds is 4. The summed E-state index contributed by atoms with van der Waals surface area (Å²) in [5, 5.41) is 5.58. The molecule has 128 valence electrons. The van der Waals surface area contributed by atoms with Crippen LogP contribution in [0.15, 0.2) is 58.8 Å². The SMILES string of the molecule is CS(=O)(=O)c1cccc(C(=O)Nc2nc(-c3ccc(Cl)cc3)cs2)c1. The van der Waals surface area contributed by atoms with Gasteiger partial charge >= 0.3 is 0 Å². The molecule has 0 aliphatic heterocycles. The number of carbonyl (C=O) groups is 1. The van der Waals surface area contributed by atoms with Crippen molar-refractivity contribution in [1.82, 2.24) is 4.98 Å². The Morgan fingerprint density at radius 2 is 1.88 bits per heavy atom. The second kappa shape index (κ2) is 6.95. The van der Waals surface area contributed by atoms with Gasteiger partial charge in [0.1, 0.15) is 0 Å². The van der Waals surface area contributed by atoms with Crippen LogP contribution < -0.4 is 5.32 Å². The van der Waals surface area contributed by atoms with Gasteiger partial charge in [0.2, 0.25) is 0 Å². The van der Waals surface area contributed by atoms with Crippen molar-refractivity contribution in [1.29, 1.82) is 0 Å². The van der Waals surface area contributed by atoms with E-state index in [0.29, 0.717) is 10.2 Å². The molecular formula is C17H13ClN2O3S2. The van der Waals surface area contributed by atoms with E-state index in [2.05, 4.69) is 10.3 Å². The number of thiazole rings is 1. The highest BCUT2D eigenvalue weighted by Crippen LogP contribution is 2.26. The summed E-state index contributed by atoms with van der Waals surface area (Å²) in [5.41, 5.74) is 1.87. The zero-order valence-electron chi connectivity index (χ0n) is 13.1. The second-order valence-electron chi connectivity index (χ2n) is 5.30. The molecule has 3 rings (SSSR count). The third-order valence-corrected chi connectivity index (χ3v) is 5.51. The van der Waals surface area contributed by atoms with E-state index >= 15 is 0 Å². The van der Waals surface area contributed by atoms with Crippen molar-refractivity contribution >= 4 is 43.8 Å². The Morgan fingerprint density at radius 1 is 1.16 bits per heavy atom. The van der Waals surface area contributed by atoms with E-state index in [1.807, 2.05) is 17.5 Å². The van der Waals surface area contributed by atoms with Gasteiger partial charge in [-0.2, -0.15) is 0 Å². The van der Waals surface area contributed by atoms with Gasteiger partial charge in [-0.1, -0.05) is 29.8 Å². The van der Waals surface area contributed by atoms with Crippen LogP contribution in [-0.4, -0.2) is 25.6 Å². The maximum Gasteiger partial charge on any atom is 0.257 e. The average Bonchev–Trinajstić information content (AvgIpc) is 3.03. The number of halogens is 1. The minimum Gasteiger partial charge on any atom is -0.298 e. The first kappa shape index (κ1) is 17.6. The first-order valence-corrected chi connectivity index (χ1v) is 10.3. The molecule has 1 aromatic heterocycles. The summed E-state index contributed by atoms with van der Waals surface area (Å²) in [4.78, 5) is 16.8. The molecule has 1 heterocycles. The van der Waals surface area contributed by atoms with Crippen molar-refractivity contribution in [3.8, 4) is 11.3 Å². The third kappa shape index (κ3) is 4.25. The molecule has 0 bridgehead atoms. The Bertz CT molecular complexity index is 1030. The lowest BCUT2D eigenvalue weighted by Crippen LogP contribution is -2.12. The molecule has 5 nitrogen and oxygen atoms in total. The molecule has 0 unspecified atom stereocenters. The van der Waals surface area contributed by atoms with Crippen LogP contribution in [-0.2, 0) is 9.84 Å². The molecule has 0 radical (unpaired) electrons. The van der Waals surface area contributed by atoms with Crippen molar-refractivity contribution in [2.45, 2.75) is 4.90 Å². The van der Waals surface area contributed by atoms with Crippen molar-refractivity contribution in [3.05, 3.63) is 64.5 Å². The molecule has 1 amide bonds. The summed E-state index contributed by atoms with van der Waals surface area (Å²) >= 11 is 7.16. The van der Waals surface area contributed by atoms with Crippen LogP contribution >= 0.6 is 22.9 Å². The van der Waals surface area contributed by atoms with Crippen molar-refractivity contribution in [2.75, 3.05) is 11.6 Å². The van der Waals surface area contributed by atoms with Crippen LogP contribution in [0.1, 0.15) is 10.4 Å². The Labute approximate surface area is 154 Å². The molecular weight excluding hydrogens is 380 g/mol. The highest BCUT2D eigenvalue weighted by Gasteiger charge is 2.13. The monoisotopic (exact) mass is 392 g/mol. The van der Waals surface area contributed by atoms with E-state index in [9.17, 15) is 13.2 Å². The molecule has 2 aromatic carbocycles. The van der Waals surface area contributed by atoms with Crippen LogP contribution in [0.5, 0.6) is 0 Å². The van der Waals surface area contributed by atoms with Crippen LogP contribution in [0.3, 0.4) is 0 Å². The molecule has 0 aliphatic rings. The molecule has 8 heteroatoms. The number of benzene rings is 2. The van der Waals surface area contributed by atoms with E-state index in [-0.39, 0.29) is 10.5 Å². The molecule has 0 aliphatic carbocycles. The molecule has 0 saturated carbocycles. The number of anilines is 1. The summed E-state index contributed by atoms with van der Waals surface area (Å²) in [6.45, 7) is 0. The Hall–Kier alpha value is -2.22. The summed E-state index contributed by atoms with van der Waals surface area (Å²) in [5.74, 6) is -0.414. The zero-order chi connectivity index (χ0) is 18.0. The summed E-state index contributed by atoms with van der Waals surface area (Å²) in [6.07, 6.45) is 1.10. The maximum atomic E-state index is 12.3. The minimum atomic E-state index is -3.37. The normalized spacial score (nSPS) is 11.3. The van der Waals surface area contributed by atoms with E-state index in [1.54, 1.807) is 18.2 Å². The lowest BCUT2D eigenvalue weighted by Gasteiger charge is -2.04. The fourth-order valence-electron chi connectivity index (χ4n) is 2.12. The molecule has 1 N–H and O–H groups in total. The van der Waals surface area contributed by atoms with E-state index in [1.165, 1.54) is 29.5 Å². The van der Waals surface area contributed by atoms with Crippen LogP contribution in [0.4, 0.5) is 5.13 Å². The number of aromatic nitrogens is 1. The number of nitrogens with zero attached hydrogens (tertiary/aromatic N) is 1. The van der Waals surface area contributed by atoms with Gasteiger partial charge in [-0.05, 0) is 30.3 Å². The predicted octanol–water partition coefficient (Wildman–Crippen LogP) is 4.12. The van der Waals surface area contributed by atoms with E-state index in [0.717, 1.165) is 17.5 Å². The standard InChI is InChI=1S/C17H13ClN2O3S2/c1-25(22,23)14-4-2-3-12(9-14)16(21)20-17-19-15(10-24-17)11-5-7-13(18)8-6-11/h2-10H,1H3,(H,19,20,21). The summed E-state index contributed by atoms with van der Waals surface area (Å²) < 4.78 is 23.2. The van der Waals surface area contributed by atoms with Crippen LogP contribution in [0.25, 0.3) is 11.3 Å². The summed E-state index contributed by atoms with van der Waals surface area (Å²) in [6, 6.07) is 13.1. The van der Waals surface area contributed by atoms with Crippen LogP contribution in [0.2, 0.25) is 5.02 Å². The smallest absolute Gasteiger partial charge is 0.257 e. The lowest BCUT2D eigenvalue weighted by molar-refractivity contribution is 0.102. The van der Waals surface area contributed by atoms with Gasteiger partial charge in [0.15, 0.2) is 15.0 Å². The maximum absolute atomic E-state index is 12.3. The van der Waals surface area contributed by atoms with Gasteiger partial charge < -0.3 is 0 Å². The van der Waals surface area contributed by atoms with E-state index in [4.69, 9.17) is 11.6 Å². The molecule has 3 aromatic rings. The van der Waals surface area contributed by atoms with Crippen molar-refractivity contribution < 1.29 is 13.2 Å². The molecule has 0 fully saturated rings. The van der Waals surface area contributed by atoms with Gasteiger partial charge in [-0.25, -0.2) is 13.4 Å². The largest absolute Gasteiger partial charge is 0.298 e. The number of carbonyl (C=O) groups excluding carboxylic acids is 1. The fraction of sp³-hybridized carbons (Fsp3) is 0.0588. The topological polar surface area (TPSA) is 76.1 Å². The quantitative estimate of drug-likeness (QED) is 0.724. The predicted molar refractivity (Wildman–Crippen MR) is 100 cm³/mol. The number of sulfone groups is 1. The highest BCUT2D eigenvalue weighted by atomic mass is 35.5. The Morgan fingerprint density at radius 3 is 2.56 bits per heavy atom. The van der Waals surface area contributed by atoms with Crippen molar-refractivity contribution in [3.63, 3.8) is 0 Å². The number of hydrogen-bond acceptors (Lipinski definition) is 5. The van der Waals surface area contributed by atoms with Crippen LogP contribution in [0, 0.1) is 0 Å². The number of amides is 1. The Balaban J connectivity index is 1.79. The zero-order valence-corrected chi connectivity index (χ0v) is 15.5. The first-order valence-electron chi connectivity index (χ1n) is 7.16. The number of hydrogen-bond donors (Lipinski definition) is 1. The third-order valence-electron chi connectivity index (χ3n) is 3.39. The van der Waals surface area contributed by atoms with Crippen molar-refractivity contribution in [2.24, 2.45) is 0 Å². The van der Waals surface area contributed by atoms with Gasteiger partial charge in [-0.3, -0.25) is 10.1 Å².